The second-order valence-corrected chi connectivity index (χ2v) is 4.86. The third-order valence-electron chi connectivity index (χ3n) is 3.00. The van der Waals surface area contributed by atoms with Gasteiger partial charge in [-0.15, -0.1) is 0 Å². The van der Waals surface area contributed by atoms with E-state index < -0.39 is 11.9 Å². The van der Waals surface area contributed by atoms with E-state index in [1.807, 2.05) is 32.0 Å². The number of ether oxygens (including phenoxy) is 2. The van der Waals surface area contributed by atoms with Gasteiger partial charge in [-0.05, 0) is 49.2 Å². The van der Waals surface area contributed by atoms with E-state index in [1.165, 1.54) is 24.3 Å². The fourth-order valence-corrected chi connectivity index (χ4v) is 1.85. The summed E-state index contributed by atoms with van der Waals surface area (Å²) in [6.45, 7) is 3.57. The van der Waals surface area contributed by atoms with Crippen molar-refractivity contribution < 1.29 is 24.2 Å². The maximum absolute atomic E-state index is 11.8. The topological polar surface area (TPSA) is 72.8 Å². The molecule has 2 aromatic carbocycles. The zero-order valence-corrected chi connectivity index (χ0v) is 12.3. The standard InChI is InChI=1S/C17H16O5/c1-11-6-7-12(2)15(8-11)21-10-16(18)22-14-5-3-4-13(9-14)17(19)20/h3-9H,10H2,1-2H3,(H,19,20). The minimum Gasteiger partial charge on any atom is -0.482 e. The van der Waals surface area contributed by atoms with E-state index in [0.717, 1.165) is 11.1 Å². The molecule has 0 atom stereocenters. The van der Waals surface area contributed by atoms with Crippen molar-refractivity contribution in [3.05, 3.63) is 59.2 Å². The summed E-state index contributed by atoms with van der Waals surface area (Å²) in [5, 5.41) is 8.89. The first-order valence-electron chi connectivity index (χ1n) is 6.70. The van der Waals surface area contributed by atoms with Crippen LogP contribution in [0.5, 0.6) is 11.5 Å². The van der Waals surface area contributed by atoms with Crippen LogP contribution in [0.25, 0.3) is 0 Å². The van der Waals surface area contributed by atoms with Gasteiger partial charge in [-0.3, -0.25) is 0 Å². The number of hydrogen-bond acceptors (Lipinski definition) is 4. The summed E-state index contributed by atoms with van der Waals surface area (Å²) in [4.78, 5) is 22.6. The number of benzene rings is 2. The predicted octanol–water partition coefficient (Wildman–Crippen LogP) is 2.99. The predicted molar refractivity (Wildman–Crippen MR) is 80.4 cm³/mol. The smallest absolute Gasteiger partial charge is 0.349 e. The molecule has 114 valence electrons. The third kappa shape index (κ3) is 4.09. The van der Waals surface area contributed by atoms with Crippen molar-refractivity contribution in [2.45, 2.75) is 13.8 Å². The average molecular weight is 300 g/mol. The second-order valence-electron chi connectivity index (χ2n) is 4.86. The highest BCUT2D eigenvalue weighted by Crippen LogP contribution is 2.19. The molecule has 0 fully saturated rings. The first-order chi connectivity index (χ1) is 10.5. The highest BCUT2D eigenvalue weighted by atomic mass is 16.6. The van der Waals surface area contributed by atoms with Crippen LogP contribution in [0.2, 0.25) is 0 Å². The van der Waals surface area contributed by atoms with Crippen LogP contribution < -0.4 is 9.47 Å². The maximum Gasteiger partial charge on any atom is 0.349 e. The number of aryl methyl sites for hydroxylation is 2. The first kappa shape index (κ1) is 15.6. The van der Waals surface area contributed by atoms with Gasteiger partial charge in [0.2, 0.25) is 0 Å². The lowest BCUT2D eigenvalue weighted by molar-refractivity contribution is -0.136. The number of carbonyl (C=O) groups is 2. The molecule has 1 N–H and O–H groups in total. The van der Waals surface area contributed by atoms with Crippen LogP contribution >= 0.6 is 0 Å². The van der Waals surface area contributed by atoms with Crippen LogP contribution in [-0.4, -0.2) is 23.7 Å². The van der Waals surface area contributed by atoms with Crippen LogP contribution in [-0.2, 0) is 4.79 Å². The third-order valence-corrected chi connectivity index (χ3v) is 3.00. The zero-order valence-electron chi connectivity index (χ0n) is 12.3. The number of carboxylic acid groups (broad SMARTS) is 1. The van der Waals surface area contributed by atoms with Gasteiger partial charge >= 0.3 is 11.9 Å². The molecular weight excluding hydrogens is 284 g/mol. The van der Waals surface area contributed by atoms with E-state index in [9.17, 15) is 9.59 Å². The lowest BCUT2D eigenvalue weighted by Gasteiger charge is -2.10. The SMILES string of the molecule is Cc1ccc(C)c(OCC(=O)Oc2cccc(C(=O)O)c2)c1. The quantitative estimate of drug-likeness (QED) is 0.679. The van der Waals surface area contributed by atoms with Gasteiger partial charge in [0, 0.05) is 0 Å². The number of esters is 1. The normalized spacial score (nSPS) is 10.1. The van der Waals surface area contributed by atoms with E-state index in [1.54, 1.807) is 0 Å². The van der Waals surface area contributed by atoms with E-state index in [4.69, 9.17) is 14.6 Å². The number of rotatable bonds is 5. The molecule has 0 radical (unpaired) electrons. The van der Waals surface area contributed by atoms with E-state index in [-0.39, 0.29) is 17.9 Å². The summed E-state index contributed by atoms with van der Waals surface area (Å²) in [5.74, 6) is -0.876. The lowest BCUT2D eigenvalue weighted by atomic mass is 10.1. The van der Waals surface area contributed by atoms with Gasteiger partial charge in [0.15, 0.2) is 6.61 Å². The van der Waals surface area contributed by atoms with Gasteiger partial charge in [0.1, 0.15) is 11.5 Å². The Bertz CT molecular complexity index is 706. The van der Waals surface area contributed by atoms with Crippen LogP contribution in [0.15, 0.2) is 42.5 Å². The van der Waals surface area contributed by atoms with E-state index in [2.05, 4.69) is 0 Å². The van der Waals surface area contributed by atoms with E-state index in [0.29, 0.717) is 5.75 Å². The Balaban J connectivity index is 1.97. The lowest BCUT2D eigenvalue weighted by Crippen LogP contribution is -2.18. The number of carboxylic acids is 1. The van der Waals surface area contributed by atoms with E-state index >= 15 is 0 Å². The molecule has 0 amide bonds. The Hall–Kier alpha value is -2.82. The molecule has 0 aromatic heterocycles. The van der Waals surface area contributed by atoms with Crippen molar-refractivity contribution in [1.82, 2.24) is 0 Å². The van der Waals surface area contributed by atoms with Crippen LogP contribution in [0.4, 0.5) is 0 Å². The molecule has 22 heavy (non-hydrogen) atoms. The molecule has 5 nitrogen and oxygen atoms in total. The molecule has 0 bridgehead atoms. The molecular formula is C17H16O5. The molecule has 2 aromatic rings. The Kier molecular flexibility index (Phi) is 4.78. The number of carbonyl (C=O) groups excluding carboxylic acids is 1. The summed E-state index contributed by atoms with van der Waals surface area (Å²) in [7, 11) is 0. The van der Waals surface area contributed by atoms with Crippen molar-refractivity contribution in [1.29, 1.82) is 0 Å². The van der Waals surface area contributed by atoms with Gasteiger partial charge in [-0.2, -0.15) is 0 Å². The van der Waals surface area contributed by atoms with Crippen LogP contribution in [0.1, 0.15) is 21.5 Å². The maximum atomic E-state index is 11.8. The highest BCUT2D eigenvalue weighted by molar-refractivity contribution is 5.88. The monoisotopic (exact) mass is 300 g/mol. The fourth-order valence-electron chi connectivity index (χ4n) is 1.85. The molecule has 0 heterocycles. The van der Waals surface area contributed by atoms with Crippen LogP contribution in [0.3, 0.4) is 0 Å². The van der Waals surface area contributed by atoms with Gasteiger partial charge in [0.05, 0.1) is 5.56 Å². The molecule has 5 heteroatoms. The highest BCUT2D eigenvalue weighted by Gasteiger charge is 2.10. The summed E-state index contributed by atoms with van der Waals surface area (Å²) in [6.07, 6.45) is 0. The number of aromatic carboxylic acids is 1. The van der Waals surface area contributed by atoms with Crippen molar-refractivity contribution in [3.63, 3.8) is 0 Å². The number of hydrogen-bond donors (Lipinski definition) is 1. The van der Waals surface area contributed by atoms with Crippen LogP contribution in [0, 0.1) is 13.8 Å². The molecule has 0 aliphatic heterocycles. The fraction of sp³-hybridized carbons (Fsp3) is 0.176. The van der Waals surface area contributed by atoms with Crippen molar-refractivity contribution in [2.24, 2.45) is 0 Å². The molecule has 0 aliphatic rings. The molecule has 0 aliphatic carbocycles. The Morgan fingerprint density at radius 2 is 1.86 bits per heavy atom. The summed E-state index contributed by atoms with van der Waals surface area (Å²) in [6, 6.07) is 11.4. The molecule has 0 unspecified atom stereocenters. The average Bonchev–Trinajstić information content (AvgIpc) is 2.48. The molecule has 2 rings (SSSR count). The minimum absolute atomic E-state index is 0.0562. The Labute approximate surface area is 128 Å². The summed E-state index contributed by atoms with van der Waals surface area (Å²) >= 11 is 0. The summed E-state index contributed by atoms with van der Waals surface area (Å²) < 4.78 is 10.5. The Morgan fingerprint density at radius 1 is 1.09 bits per heavy atom. The molecule has 0 saturated carbocycles. The van der Waals surface area contributed by atoms with Crippen molar-refractivity contribution in [3.8, 4) is 11.5 Å². The molecule has 0 saturated heterocycles. The zero-order chi connectivity index (χ0) is 16.1. The van der Waals surface area contributed by atoms with Crippen molar-refractivity contribution in [2.75, 3.05) is 6.61 Å². The largest absolute Gasteiger partial charge is 0.482 e. The van der Waals surface area contributed by atoms with Gasteiger partial charge in [0.25, 0.3) is 0 Å². The molecule has 0 spiro atoms. The van der Waals surface area contributed by atoms with Gasteiger partial charge < -0.3 is 14.6 Å². The Morgan fingerprint density at radius 3 is 2.59 bits per heavy atom. The van der Waals surface area contributed by atoms with Crippen molar-refractivity contribution >= 4 is 11.9 Å². The van der Waals surface area contributed by atoms with Gasteiger partial charge in [-0.1, -0.05) is 18.2 Å². The summed E-state index contributed by atoms with van der Waals surface area (Å²) in [5.41, 5.74) is 2.01. The minimum atomic E-state index is -1.08. The van der Waals surface area contributed by atoms with Gasteiger partial charge in [-0.25, -0.2) is 9.59 Å². The first-order valence-corrected chi connectivity index (χ1v) is 6.70. The second kappa shape index (κ2) is 6.76.